The molecule has 0 N–H and O–H groups in total. The van der Waals surface area contributed by atoms with Crippen molar-refractivity contribution in [1.29, 1.82) is 0 Å². The third-order valence-corrected chi connectivity index (χ3v) is 4.96. The SMILES string of the molecule is CCC1(C)C(Cl)CC1Oc1cccc(C)c1[N+](=O)[O-]. The van der Waals surface area contributed by atoms with E-state index in [1.807, 2.05) is 0 Å². The summed E-state index contributed by atoms with van der Waals surface area (Å²) < 4.78 is 5.87. The summed E-state index contributed by atoms with van der Waals surface area (Å²) in [7, 11) is 0. The Kier molecular flexibility index (Phi) is 3.72. The van der Waals surface area contributed by atoms with E-state index in [4.69, 9.17) is 16.3 Å². The van der Waals surface area contributed by atoms with Crippen LogP contribution in [0.5, 0.6) is 5.75 Å². The predicted octanol–water partition coefficient (Wildman–Crippen LogP) is 4.08. The molecular weight excluding hydrogens is 266 g/mol. The summed E-state index contributed by atoms with van der Waals surface area (Å²) in [5.74, 6) is 0.346. The van der Waals surface area contributed by atoms with Crippen LogP contribution in [0, 0.1) is 22.5 Å². The van der Waals surface area contributed by atoms with Gasteiger partial charge in [-0.25, -0.2) is 0 Å². The number of aryl methyl sites for hydroxylation is 1. The first kappa shape index (κ1) is 14.1. The highest BCUT2D eigenvalue weighted by Crippen LogP contribution is 2.50. The van der Waals surface area contributed by atoms with E-state index in [0.717, 1.165) is 12.8 Å². The van der Waals surface area contributed by atoms with Gasteiger partial charge in [0.2, 0.25) is 0 Å². The Bertz CT molecular complexity index is 505. The van der Waals surface area contributed by atoms with E-state index in [1.54, 1.807) is 25.1 Å². The van der Waals surface area contributed by atoms with Gasteiger partial charge in [-0.15, -0.1) is 11.6 Å². The van der Waals surface area contributed by atoms with Crippen molar-refractivity contribution >= 4 is 17.3 Å². The van der Waals surface area contributed by atoms with E-state index < -0.39 is 0 Å². The number of alkyl halides is 1. The molecule has 1 fully saturated rings. The molecule has 0 amide bonds. The minimum Gasteiger partial charge on any atom is -0.483 e. The fraction of sp³-hybridized carbons (Fsp3) is 0.571. The van der Waals surface area contributed by atoms with Crippen molar-refractivity contribution in [2.75, 3.05) is 0 Å². The van der Waals surface area contributed by atoms with Crippen LogP contribution in [-0.4, -0.2) is 16.4 Å². The fourth-order valence-corrected chi connectivity index (χ4v) is 2.97. The Labute approximate surface area is 117 Å². The molecule has 0 aliphatic heterocycles. The number of nitro benzene ring substituents is 1. The van der Waals surface area contributed by atoms with Crippen molar-refractivity contribution in [1.82, 2.24) is 0 Å². The number of para-hydroxylation sites is 1. The third-order valence-electron chi connectivity index (χ3n) is 4.29. The van der Waals surface area contributed by atoms with Crippen molar-refractivity contribution in [3.8, 4) is 5.75 Å². The van der Waals surface area contributed by atoms with Crippen LogP contribution in [0.2, 0.25) is 0 Å². The second-order valence-electron chi connectivity index (χ2n) is 5.35. The maximum atomic E-state index is 11.1. The van der Waals surface area contributed by atoms with Crippen LogP contribution < -0.4 is 4.74 Å². The number of ether oxygens (including phenoxy) is 1. The molecule has 0 spiro atoms. The summed E-state index contributed by atoms with van der Waals surface area (Å²) in [6.07, 6.45) is 1.57. The highest BCUT2D eigenvalue weighted by Gasteiger charge is 2.51. The second-order valence-corrected chi connectivity index (χ2v) is 5.87. The van der Waals surface area contributed by atoms with Crippen molar-refractivity contribution < 1.29 is 9.66 Å². The predicted molar refractivity (Wildman–Crippen MR) is 74.9 cm³/mol. The molecule has 0 heterocycles. The zero-order valence-electron chi connectivity index (χ0n) is 11.4. The van der Waals surface area contributed by atoms with Gasteiger partial charge in [0.1, 0.15) is 6.10 Å². The topological polar surface area (TPSA) is 52.4 Å². The normalized spacial score (nSPS) is 29.7. The van der Waals surface area contributed by atoms with E-state index in [2.05, 4.69) is 13.8 Å². The van der Waals surface area contributed by atoms with Gasteiger partial charge in [0, 0.05) is 22.8 Å². The number of benzene rings is 1. The first-order valence-corrected chi connectivity index (χ1v) is 6.88. The van der Waals surface area contributed by atoms with Gasteiger partial charge in [-0.2, -0.15) is 0 Å². The summed E-state index contributed by atoms with van der Waals surface area (Å²) >= 11 is 6.24. The molecule has 1 aromatic rings. The van der Waals surface area contributed by atoms with E-state index in [1.165, 1.54) is 0 Å². The van der Waals surface area contributed by atoms with Crippen molar-refractivity contribution in [2.45, 2.75) is 45.1 Å². The third kappa shape index (κ3) is 2.29. The summed E-state index contributed by atoms with van der Waals surface area (Å²) in [6, 6.07) is 5.15. The molecule has 0 bridgehead atoms. The Morgan fingerprint density at radius 3 is 2.79 bits per heavy atom. The van der Waals surface area contributed by atoms with Gasteiger partial charge >= 0.3 is 5.69 Å². The van der Waals surface area contributed by atoms with Crippen LogP contribution in [0.4, 0.5) is 5.69 Å². The van der Waals surface area contributed by atoms with Gasteiger partial charge < -0.3 is 4.74 Å². The van der Waals surface area contributed by atoms with Crippen molar-refractivity contribution in [3.05, 3.63) is 33.9 Å². The van der Waals surface area contributed by atoms with Crippen LogP contribution in [0.15, 0.2) is 18.2 Å². The van der Waals surface area contributed by atoms with Crippen LogP contribution in [-0.2, 0) is 0 Å². The summed E-state index contributed by atoms with van der Waals surface area (Å²) in [5.41, 5.74) is 0.556. The van der Waals surface area contributed by atoms with Gasteiger partial charge in [0.05, 0.1) is 4.92 Å². The lowest BCUT2D eigenvalue weighted by Gasteiger charge is -2.50. The number of hydrogen-bond acceptors (Lipinski definition) is 3. The van der Waals surface area contributed by atoms with Crippen LogP contribution in [0.1, 0.15) is 32.3 Å². The lowest BCUT2D eigenvalue weighted by molar-refractivity contribution is -0.386. The number of nitro groups is 1. The lowest BCUT2D eigenvalue weighted by Crippen LogP contribution is -2.55. The molecule has 3 unspecified atom stereocenters. The van der Waals surface area contributed by atoms with Crippen molar-refractivity contribution in [2.24, 2.45) is 5.41 Å². The molecule has 5 heteroatoms. The largest absolute Gasteiger partial charge is 0.483 e. The number of hydrogen-bond donors (Lipinski definition) is 0. The van der Waals surface area contributed by atoms with Crippen molar-refractivity contribution in [3.63, 3.8) is 0 Å². The lowest BCUT2D eigenvalue weighted by atomic mass is 9.65. The molecule has 19 heavy (non-hydrogen) atoms. The van der Waals surface area contributed by atoms with Crippen LogP contribution in [0.3, 0.4) is 0 Å². The van der Waals surface area contributed by atoms with Gasteiger partial charge in [-0.3, -0.25) is 10.1 Å². The number of halogens is 1. The zero-order valence-corrected chi connectivity index (χ0v) is 12.1. The maximum Gasteiger partial charge on any atom is 0.313 e. The van der Waals surface area contributed by atoms with E-state index in [9.17, 15) is 10.1 Å². The highest BCUT2D eigenvalue weighted by molar-refractivity contribution is 6.21. The molecule has 0 radical (unpaired) electrons. The van der Waals surface area contributed by atoms with E-state index >= 15 is 0 Å². The van der Waals surface area contributed by atoms with Crippen LogP contribution in [0.25, 0.3) is 0 Å². The summed E-state index contributed by atoms with van der Waals surface area (Å²) in [5, 5.41) is 11.2. The zero-order chi connectivity index (χ0) is 14.2. The molecule has 104 valence electrons. The van der Waals surface area contributed by atoms with Gasteiger partial charge in [-0.05, 0) is 19.4 Å². The molecule has 1 saturated carbocycles. The molecular formula is C14H18ClNO3. The Morgan fingerprint density at radius 1 is 1.58 bits per heavy atom. The molecule has 3 atom stereocenters. The first-order chi connectivity index (χ1) is 8.90. The van der Waals surface area contributed by atoms with Gasteiger partial charge in [0.15, 0.2) is 5.75 Å². The average molecular weight is 284 g/mol. The van der Waals surface area contributed by atoms with E-state index in [0.29, 0.717) is 11.3 Å². The highest BCUT2D eigenvalue weighted by atomic mass is 35.5. The molecule has 1 aliphatic rings. The van der Waals surface area contributed by atoms with E-state index in [-0.39, 0.29) is 27.5 Å². The first-order valence-electron chi connectivity index (χ1n) is 6.45. The Balaban J connectivity index is 2.26. The molecule has 0 aromatic heterocycles. The molecule has 1 aromatic carbocycles. The summed E-state index contributed by atoms with van der Waals surface area (Å²) in [4.78, 5) is 10.7. The smallest absolute Gasteiger partial charge is 0.313 e. The minimum absolute atomic E-state index is 0.0546. The Hall–Kier alpha value is -1.29. The fourth-order valence-electron chi connectivity index (χ4n) is 2.51. The standard InChI is InChI=1S/C14H18ClNO3/c1-4-14(3)11(15)8-12(14)19-10-7-5-6-9(2)13(10)16(17)18/h5-7,11-12H,4,8H2,1-3H3. The molecule has 0 saturated heterocycles. The molecule has 1 aliphatic carbocycles. The van der Waals surface area contributed by atoms with Gasteiger partial charge in [-0.1, -0.05) is 26.0 Å². The minimum atomic E-state index is -0.384. The van der Waals surface area contributed by atoms with Crippen LogP contribution >= 0.6 is 11.6 Å². The average Bonchev–Trinajstić information content (AvgIpc) is 2.37. The maximum absolute atomic E-state index is 11.1. The summed E-state index contributed by atoms with van der Waals surface area (Å²) in [6.45, 7) is 5.85. The quantitative estimate of drug-likeness (QED) is 0.475. The van der Waals surface area contributed by atoms with Gasteiger partial charge in [0.25, 0.3) is 0 Å². The number of rotatable bonds is 4. The Morgan fingerprint density at radius 2 is 2.26 bits per heavy atom. The number of nitrogens with zero attached hydrogens (tertiary/aromatic N) is 1. The molecule has 4 nitrogen and oxygen atoms in total. The second kappa shape index (κ2) is 5.00. The monoisotopic (exact) mass is 283 g/mol. The molecule has 2 rings (SSSR count).